The summed E-state index contributed by atoms with van der Waals surface area (Å²) in [5, 5.41) is 3.69. The predicted molar refractivity (Wildman–Crippen MR) is 145 cm³/mol. The minimum atomic E-state index is 0.0185. The highest BCUT2D eigenvalue weighted by molar-refractivity contribution is 6.03. The van der Waals surface area contributed by atoms with Gasteiger partial charge in [0.05, 0.1) is 0 Å². The Morgan fingerprint density at radius 3 is 2.51 bits per heavy atom. The highest BCUT2D eigenvalue weighted by Crippen LogP contribution is 2.44. The molecule has 3 heterocycles. The van der Waals surface area contributed by atoms with E-state index in [1.807, 2.05) is 12.4 Å². The Hall–Kier alpha value is -3.46. The Balaban J connectivity index is 1.58. The zero-order valence-corrected chi connectivity index (χ0v) is 21.3. The van der Waals surface area contributed by atoms with Gasteiger partial charge in [-0.1, -0.05) is 58.9 Å². The molecule has 6 rings (SSSR count). The number of benzene rings is 2. The van der Waals surface area contributed by atoms with E-state index in [4.69, 9.17) is 14.4 Å². The predicted octanol–water partition coefficient (Wildman–Crippen LogP) is 8.30. The van der Waals surface area contributed by atoms with Crippen molar-refractivity contribution in [2.45, 2.75) is 59.3 Å². The third-order valence-corrected chi connectivity index (χ3v) is 7.24. The summed E-state index contributed by atoms with van der Waals surface area (Å²) >= 11 is 0. The van der Waals surface area contributed by atoms with Gasteiger partial charge < -0.3 is 4.42 Å². The van der Waals surface area contributed by atoms with Crippen molar-refractivity contribution in [1.82, 2.24) is 9.97 Å². The van der Waals surface area contributed by atoms with E-state index in [0.717, 1.165) is 47.2 Å². The molecule has 0 radical (unpaired) electrons. The molecule has 35 heavy (non-hydrogen) atoms. The van der Waals surface area contributed by atoms with Crippen LogP contribution in [0.4, 0.5) is 0 Å². The molecular formula is C32H32N2O. The SMILES string of the molecule is CC(C)Cc1nccc2c1CCc1oc3c(-c4cc(C(C)(C)C)c5ccccc5c4)nccc3c1-2. The average Bonchev–Trinajstić information content (AvgIpc) is 3.22. The number of aromatic nitrogens is 2. The van der Waals surface area contributed by atoms with Gasteiger partial charge in [0, 0.05) is 41.0 Å². The highest BCUT2D eigenvalue weighted by Gasteiger charge is 2.27. The Bertz CT molecular complexity index is 1580. The van der Waals surface area contributed by atoms with Crippen molar-refractivity contribution in [2.75, 3.05) is 0 Å². The van der Waals surface area contributed by atoms with Crippen LogP contribution in [0.15, 0.2) is 65.3 Å². The van der Waals surface area contributed by atoms with E-state index in [9.17, 15) is 0 Å². The molecule has 0 amide bonds. The van der Waals surface area contributed by atoms with Gasteiger partial charge in [-0.25, -0.2) is 0 Å². The summed E-state index contributed by atoms with van der Waals surface area (Å²) in [4.78, 5) is 9.61. The van der Waals surface area contributed by atoms with Gasteiger partial charge >= 0.3 is 0 Å². The number of pyridine rings is 2. The number of nitrogens with zero attached hydrogens (tertiary/aromatic N) is 2. The van der Waals surface area contributed by atoms with Gasteiger partial charge in [-0.3, -0.25) is 9.97 Å². The maximum absolute atomic E-state index is 6.61. The normalized spacial score (nSPS) is 13.4. The molecule has 3 nitrogen and oxygen atoms in total. The van der Waals surface area contributed by atoms with Crippen LogP contribution in [0.3, 0.4) is 0 Å². The lowest BCUT2D eigenvalue weighted by molar-refractivity contribution is 0.543. The third-order valence-electron chi connectivity index (χ3n) is 7.24. The van der Waals surface area contributed by atoms with Gasteiger partial charge in [-0.05, 0) is 75.9 Å². The summed E-state index contributed by atoms with van der Waals surface area (Å²) in [7, 11) is 0. The van der Waals surface area contributed by atoms with Crippen molar-refractivity contribution in [3.63, 3.8) is 0 Å². The molecular weight excluding hydrogens is 428 g/mol. The molecule has 2 aromatic carbocycles. The second kappa shape index (κ2) is 8.05. The van der Waals surface area contributed by atoms with E-state index in [1.165, 1.54) is 38.7 Å². The number of aryl methyl sites for hydroxylation is 1. The second-order valence-electron chi connectivity index (χ2n) is 11.3. The van der Waals surface area contributed by atoms with Gasteiger partial charge in [0.25, 0.3) is 0 Å². The van der Waals surface area contributed by atoms with E-state index in [1.54, 1.807) is 0 Å². The number of hydrogen-bond donors (Lipinski definition) is 0. The summed E-state index contributed by atoms with van der Waals surface area (Å²) in [5.74, 6) is 1.65. The van der Waals surface area contributed by atoms with Crippen LogP contribution >= 0.6 is 0 Å². The quantitative estimate of drug-likeness (QED) is 0.272. The van der Waals surface area contributed by atoms with E-state index in [2.05, 4.69) is 83.1 Å². The molecule has 0 atom stereocenters. The Morgan fingerprint density at radius 1 is 0.914 bits per heavy atom. The molecule has 1 aliphatic carbocycles. The number of fused-ring (bicyclic) bond motifs is 6. The van der Waals surface area contributed by atoms with Crippen LogP contribution in [0, 0.1) is 5.92 Å². The van der Waals surface area contributed by atoms with Crippen molar-refractivity contribution in [3.8, 4) is 22.4 Å². The van der Waals surface area contributed by atoms with E-state index >= 15 is 0 Å². The van der Waals surface area contributed by atoms with Crippen LogP contribution in [0.2, 0.25) is 0 Å². The lowest BCUT2D eigenvalue weighted by Gasteiger charge is -2.22. The molecule has 3 heteroatoms. The van der Waals surface area contributed by atoms with Crippen LogP contribution in [-0.2, 0) is 24.7 Å². The van der Waals surface area contributed by atoms with Crippen LogP contribution in [0.5, 0.6) is 0 Å². The lowest BCUT2D eigenvalue weighted by Crippen LogP contribution is -2.12. The Kier molecular flexibility index (Phi) is 5.07. The number of hydrogen-bond acceptors (Lipinski definition) is 3. The fraction of sp³-hybridized carbons (Fsp3) is 0.312. The first-order valence-corrected chi connectivity index (χ1v) is 12.7. The molecule has 176 valence electrons. The van der Waals surface area contributed by atoms with Crippen molar-refractivity contribution < 1.29 is 4.42 Å². The Labute approximate surface area is 207 Å². The van der Waals surface area contributed by atoms with Crippen LogP contribution in [0.25, 0.3) is 44.1 Å². The zero-order chi connectivity index (χ0) is 24.3. The molecule has 3 aromatic heterocycles. The monoisotopic (exact) mass is 460 g/mol. The number of rotatable bonds is 3. The fourth-order valence-corrected chi connectivity index (χ4v) is 5.67. The Morgan fingerprint density at radius 2 is 1.71 bits per heavy atom. The molecule has 0 bridgehead atoms. The molecule has 0 spiro atoms. The van der Waals surface area contributed by atoms with Crippen LogP contribution in [-0.4, -0.2) is 9.97 Å². The molecule has 1 aliphatic rings. The van der Waals surface area contributed by atoms with Crippen molar-refractivity contribution in [3.05, 3.63) is 83.5 Å². The molecule has 0 N–H and O–H groups in total. The van der Waals surface area contributed by atoms with Gasteiger partial charge in [-0.15, -0.1) is 0 Å². The van der Waals surface area contributed by atoms with Gasteiger partial charge in [0.15, 0.2) is 5.58 Å². The summed E-state index contributed by atoms with van der Waals surface area (Å²) in [6, 6.07) is 17.5. The molecule has 0 saturated heterocycles. The average molecular weight is 461 g/mol. The van der Waals surface area contributed by atoms with E-state index < -0.39 is 0 Å². The highest BCUT2D eigenvalue weighted by atomic mass is 16.3. The second-order valence-corrected chi connectivity index (χ2v) is 11.3. The first-order chi connectivity index (χ1) is 16.8. The summed E-state index contributed by atoms with van der Waals surface area (Å²) in [5.41, 5.74) is 9.40. The largest absolute Gasteiger partial charge is 0.458 e. The number of furan rings is 1. The third kappa shape index (κ3) is 3.65. The van der Waals surface area contributed by atoms with Crippen LogP contribution in [0.1, 0.15) is 57.2 Å². The van der Waals surface area contributed by atoms with Crippen molar-refractivity contribution >= 4 is 21.7 Å². The zero-order valence-electron chi connectivity index (χ0n) is 21.3. The first kappa shape index (κ1) is 22.0. The van der Waals surface area contributed by atoms with Crippen LogP contribution < -0.4 is 0 Å². The van der Waals surface area contributed by atoms with Gasteiger partial charge in [0.1, 0.15) is 11.5 Å². The fourth-order valence-electron chi connectivity index (χ4n) is 5.67. The summed E-state index contributed by atoms with van der Waals surface area (Å²) < 4.78 is 6.61. The molecule has 0 saturated carbocycles. The topological polar surface area (TPSA) is 38.9 Å². The molecule has 0 aliphatic heterocycles. The van der Waals surface area contributed by atoms with Gasteiger partial charge in [0.2, 0.25) is 0 Å². The summed E-state index contributed by atoms with van der Waals surface area (Å²) in [6.07, 6.45) is 6.78. The maximum atomic E-state index is 6.61. The molecule has 5 aromatic rings. The first-order valence-electron chi connectivity index (χ1n) is 12.7. The summed E-state index contributed by atoms with van der Waals surface area (Å²) in [6.45, 7) is 11.3. The van der Waals surface area contributed by atoms with Crippen molar-refractivity contribution in [1.29, 1.82) is 0 Å². The van der Waals surface area contributed by atoms with Crippen molar-refractivity contribution in [2.24, 2.45) is 5.92 Å². The van der Waals surface area contributed by atoms with Gasteiger partial charge in [-0.2, -0.15) is 0 Å². The maximum Gasteiger partial charge on any atom is 0.161 e. The standard InChI is InChI=1S/C32H32N2O/c1-19(2)16-27-23-10-11-28-29(24(23)12-14-33-27)25-13-15-34-30(31(25)35-28)21-17-20-8-6-7-9-22(20)26(18-21)32(3,4)5/h6-9,12-15,17-19H,10-11,16H2,1-5H3. The van der Waals surface area contributed by atoms with E-state index in [-0.39, 0.29) is 5.41 Å². The minimum absolute atomic E-state index is 0.0185. The van der Waals surface area contributed by atoms with E-state index in [0.29, 0.717) is 5.92 Å². The smallest absolute Gasteiger partial charge is 0.161 e. The lowest BCUT2D eigenvalue weighted by atomic mass is 9.82. The molecule has 0 unspecified atom stereocenters. The molecule has 0 fully saturated rings. The minimum Gasteiger partial charge on any atom is -0.458 e.